The van der Waals surface area contributed by atoms with Crippen molar-refractivity contribution in [1.29, 1.82) is 0 Å². The maximum Gasteiger partial charge on any atom is -1.00 e. The van der Waals surface area contributed by atoms with Gasteiger partial charge in [0.1, 0.15) is 0 Å². The Hall–Kier alpha value is -4.07. The molecule has 8 rings (SSSR count). The minimum atomic E-state index is -2.74. The van der Waals surface area contributed by atoms with Crippen molar-refractivity contribution in [3.8, 4) is 11.1 Å². The molecule has 0 fully saturated rings. The summed E-state index contributed by atoms with van der Waals surface area (Å²) >= 11 is -2.74. The molecule has 2 aliphatic carbocycles. The molecule has 6 aromatic rings. The van der Waals surface area contributed by atoms with Gasteiger partial charge in [0.15, 0.2) is 0 Å². The molecule has 1 nitrogen and oxygen atoms in total. The number of benzene rings is 6. The topological polar surface area (TPSA) is 3.24 Å². The third kappa shape index (κ3) is 7.75. The van der Waals surface area contributed by atoms with Crippen molar-refractivity contribution in [2.24, 2.45) is 0 Å². The SMILES string of the molecule is CCc1ccc2c(c1)[CH]([Zr+2](=[C](c1ccccc1)c1ccccc1)[CH]1C=CC=C1)c1cc(N(Cc3ccccc3)Cc3ccccc3)ccc1-2.[Cl-].[Cl-]. The smallest absolute Gasteiger partial charge is 1.00 e. The predicted molar refractivity (Wildman–Crippen MR) is 204 cm³/mol. The van der Waals surface area contributed by atoms with Gasteiger partial charge in [-0.2, -0.15) is 0 Å². The Balaban J connectivity index is 0.00000224. The van der Waals surface area contributed by atoms with Crippen LogP contribution in [-0.4, -0.2) is 3.21 Å². The van der Waals surface area contributed by atoms with Crippen LogP contribution in [0.3, 0.4) is 0 Å². The Morgan fingerprint density at radius 1 is 0.529 bits per heavy atom. The predicted octanol–water partition coefficient (Wildman–Crippen LogP) is 5.34. The van der Waals surface area contributed by atoms with E-state index < -0.39 is 21.3 Å². The second-order valence-electron chi connectivity index (χ2n) is 13.2. The van der Waals surface area contributed by atoms with Gasteiger partial charge in [-0.15, -0.1) is 0 Å². The first-order valence-electron chi connectivity index (χ1n) is 17.6. The summed E-state index contributed by atoms with van der Waals surface area (Å²) in [7, 11) is 0. The van der Waals surface area contributed by atoms with Crippen LogP contribution in [0.2, 0.25) is 3.63 Å². The fourth-order valence-electron chi connectivity index (χ4n) is 7.75. The summed E-state index contributed by atoms with van der Waals surface area (Å²) in [5.74, 6) is 0. The number of fused-ring (bicyclic) bond motifs is 3. The summed E-state index contributed by atoms with van der Waals surface area (Å²) in [6.07, 6.45) is 10.6. The van der Waals surface area contributed by atoms with Gasteiger partial charge in [-0.05, 0) is 0 Å². The summed E-state index contributed by atoms with van der Waals surface area (Å²) in [5, 5.41) is 0. The first kappa shape index (κ1) is 36.7. The van der Waals surface area contributed by atoms with Crippen LogP contribution >= 0.6 is 0 Å². The van der Waals surface area contributed by atoms with E-state index in [4.69, 9.17) is 0 Å². The number of hydrogen-bond donors (Lipinski definition) is 0. The number of halogens is 2. The van der Waals surface area contributed by atoms with Crippen molar-refractivity contribution in [1.82, 2.24) is 0 Å². The standard InChI is InChI=1S/C29H26N.C13H10.C5H5.2ClH.Zr/c1-2-22-13-15-28-25(17-22)18-26-19-27(14-16-29(26)28)30(20-23-9-5-3-6-10-23)21-24-11-7-4-8-12-24;1-3-7-12(8-4-1)11-13-9-5-2-6-10-13;1-2-4-5-3-1;;;/h3-19H,2,20-21H2,1H3;1-10H;1-5H;2*1H;/q;;;;;+2/p-2. The van der Waals surface area contributed by atoms with Crippen LogP contribution in [0.25, 0.3) is 11.1 Å². The molecule has 0 aliphatic heterocycles. The molecule has 2 aliphatic rings. The zero-order chi connectivity index (χ0) is 33.0. The molecule has 51 heavy (non-hydrogen) atoms. The summed E-state index contributed by atoms with van der Waals surface area (Å²) in [5.41, 5.74) is 14.0. The van der Waals surface area contributed by atoms with Crippen molar-refractivity contribution >= 4 is 8.89 Å². The Bertz CT molecular complexity index is 2060. The maximum absolute atomic E-state index is 2.74. The second kappa shape index (κ2) is 17.0. The minimum Gasteiger partial charge on any atom is -1.00 e. The van der Waals surface area contributed by atoms with E-state index in [1.54, 1.807) is 3.21 Å². The van der Waals surface area contributed by atoms with Crippen LogP contribution in [0, 0.1) is 0 Å². The van der Waals surface area contributed by atoms with Crippen molar-refractivity contribution in [3.63, 3.8) is 0 Å². The molecular weight excluding hydrogens is 741 g/mol. The molecule has 0 heterocycles. The molecule has 0 radical (unpaired) electrons. The van der Waals surface area contributed by atoms with Gasteiger partial charge in [0.05, 0.1) is 0 Å². The van der Waals surface area contributed by atoms with Gasteiger partial charge in [-0.1, -0.05) is 0 Å². The summed E-state index contributed by atoms with van der Waals surface area (Å²) < 4.78 is 2.44. The van der Waals surface area contributed by atoms with E-state index in [1.807, 2.05) is 0 Å². The van der Waals surface area contributed by atoms with Gasteiger partial charge in [-0.3, -0.25) is 0 Å². The van der Waals surface area contributed by atoms with E-state index in [9.17, 15) is 0 Å². The Morgan fingerprint density at radius 2 is 1.00 bits per heavy atom. The Kier molecular flexibility index (Phi) is 12.2. The average molecular weight is 782 g/mol. The number of hydrogen-bond acceptors (Lipinski definition) is 1. The fraction of sp³-hybridized carbons (Fsp3) is 0.128. The minimum absolute atomic E-state index is 0. The molecule has 0 aromatic heterocycles. The zero-order valence-corrected chi connectivity index (χ0v) is 32.8. The van der Waals surface area contributed by atoms with Gasteiger partial charge in [0.25, 0.3) is 0 Å². The molecule has 0 saturated carbocycles. The molecule has 6 aromatic carbocycles. The number of anilines is 1. The number of allylic oxidation sites excluding steroid dienone is 4. The zero-order valence-electron chi connectivity index (χ0n) is 28.8. The third-order valence-corrected chi connectivity index (χ3v) is 18.7. The fourth-order valence-corrected chi connectivity index (χ4v) is 17.1. The second-order valence-corrected chi connectivity index (χ2v) is 19.7. The van der Waals surface area contributed by atoms with Gasteiger partial charge >= 0.3 is 301 Å². The third-order valence-electron chi connectivity index (χ3n) is 10.1. The first-order valence-corrected chi connectivity index (χ1v) is 21.6. The van der Waals surface area contributed by atoms with E-state index in [0.29, 0.717) is 7.25 Å². The average Bonchev–Trinajstić information content (AvgIpc) is 3.81. The van der Waals surface area contributed by atoms with Crippen LogP contribution in [0.5, 0.6) is 0 Å². The normalized spacial score (nSPS) is 13.7. The molecular formula is C47H41Cl2NZr. The molecule has 0 spiro atoms. The maximum atomic E-state index is 2.58. The largest absolute Gasteiger partial charge is 1.00 e. The molecule has 0 saturated heterocycles. The summed E-state index contributed by atoms with van der Waals surface area (Å²) in [6, 6.07) is 59.1. The monoisotopic (exact) mass is 779 g/mol. The summed E-state index contributed by atoms with van der Waals surface area (Å²) in [4.78, 5) is 2.57. The molecule has 4 heteroatoms. The van der Waals surface area contributed by atoms with Crippen molar-refractivity contribution in [2.75, 3.05) is 4.90 Å². The number of rotatable bonds is 10. The van der Waals surface area contributed by atoms with Gasteiger partial charge in [0, 0.05) is 0 Å². The van der Waals surface area contributed by atoms with Crippen LogP contribution in [0.15, 0.2) is 182 Å². The number of aryl methyl sites for hydroxylation is 1. The van der Waals surface area contributed by atoms with E-state index in [1.165, 1.54) is 55.8 Å². The van der Waals surface area contributed by atoms with E-state index in [2.05, 4.69) is 194 Å². The van der Waals surface area contributed by atoms with E-state index >= 15 is 0 Å². The van der Waals surface area contributed by atoms with Crippen LogP contribution in [0.1, 0.15) is 49.5 Å². The molecule has 1 atom stereocenters. The van der Waals surface area contributed by atoms with Crippen LogP contribution in [-0.2, 0) is 40.8 Å². The number of nitrogens with zero attached hydrogens (tertiary/aromatic N) is 1. The van der Waals surface area contributed by atoms with Crippen molar-refractivity contribution < 1.29 is 46.1 Å². The molecule has 1 unspecified atom stereocenters. The molecule has 252 valence electrons. The van der Waals surface area contributed by atoms with E-state index in [-0.39, 0.29) is 24.8 Å². The van der Waals surface area contributed by atoms with Crippen molar-refractivity contribution in [3.05, 3.63) is 221 Å². The molecule has 0 bridgehead atoms. The van der Waals surface area contributed by atoms with Crippen LogP contribution < -0.4 is 29.7 Å². The summed E-state index contributed by atoms with van der Waals surface area (Å²) in [6.45, 7) is 4.00. The van der Waals surface area contributed by atoms with Gasteiger partial charge in [0.2, 0.25) is 0 Å². The first-order chi connectivity index (χ1) is 24.3. The van der Waals surface area contributed by atoms with Gasteiger partial charge in [-0.25, -0.2) is 0 Å². The van der Waals surface area contributed by atoms with Crippen molar-refractivity contribution in [2.45, 2.75) is 33.7 Å². The molecule has 0 N–H and O–H groups in total. The Labute approximate surface area is 323 Å². The van der Waals surface area contributed by atoms with Crippen LogP contribution in [0.4, 0.5) is 5.69 Å². The van der Waals surface area contributed by atoms with E-state index in [0.717, 1.165) is 19.5 Å². The quantitative estimate of drug-likeness (QED) is 0.182. The van der Waals surface area contributed by atoms with Gasteiger partial charge < -0.3 is 24.8 Å². The molecule has 0 amide bonds. The Morgan fingerprint density at radius 3 is 1.51 bits per heavy atom.